The zero-order valence-corrected chi connectivity index (χ0v) is 12.7. The minimum absolute atomic E-state index is 0.00952. The second-order valence-corrected chi connectivity index (χ2v) is 7.28. The van der Waals surface area contributed by atoms with Crippen LogP contribution in [0.4, 0.5) is 11.4 Å². The first-order valence-corrected chi connectivity index (χ1v) is 8.51. The van der Waals surface area contributed by atoms with Crippen LogP contribution in [-0.2, 0) is 14.6 Å². The molecule has 21 heavy (non-hydrogen) atoms. The first-order chi connectivity index (χ1) is 9.79. The molecule has 1 aliphatic heterocycles. The molecule has 1 aromatic carbocycles. The molecular weight excluding hydrogens is 296 g/mol. The molecule has 2 atom stereocenters. The number of hydrogen-bond donors (Lipinski definition) is 1. The van der Waals surface area contributed by atoms with Crippen LogP contribution < -0.4 is 5.32 Å². The van der Waals surface area contributed by atoms with Gasteiger partial charge in [-0.25, -0.2) is 8.42 Å². The maximum Gasteiger partial charge on any atom is 0.293 e. The molecule has 0 aromatic heterocycles. The van der Waals surface area contributed by atoms with Gasteiger partial charge in [0, 0.05) is 30.9 Å². The number of nitro groups is 1. The molecule has 0 amide bonds. The summed E-state index contributed by atoms with van der Waals surface area (Å²) in [6, 6.07) is 3.93. The molecule has 1 saturated heterocycles. The molecule has 2 rings (SSSR count). The monoisotopic (exact) mass is 314 g/mol. The van der Waals surface area contributed by atoms with Crippen LogP contribution in [0.2, 0.25) is 0 Å². The van der Waals surface area contributed by atoms with Crippen LogP contribution in [-0.4, -0.2) is 38.9 Å². The van der Waals surface area contributed by atoms with Gasteiger partial charge in [-0.15, -0.1) is 0 Å². The summed E-state index contributed by atoms with van der Waals surface area (Å²) in [6.45, 7) is 3.27. The molecule has 1 aliphatic rings. The Balaban J connectivity index is 2.28. The van der Waals surface area contributed by atoms with Crippen LogP contribution in [0.15, 0.2) is 23.1 Å². The summed E-state index contributed by atoms with van der Waals surface area (Å²) in [4.78, 5) is 10.5. The third-order valence-electron chi connectivity index (χ3n) is 3.65. The van der Waals surface area contributed by atoms with Crippen molar-refractivity contribution < 1.29 is 18.1 Å². The Morgan fingerprint density at radius 3 is 2.71 bits per heavy atom. The maximum absolute atomic E-state index is 11.5. The number of benzene rings is 1. The van der Waals surface area contributed by atoms with Crippen LogP contribution in [0.1, 0.15) is 13.3 Å². The topological polar surface area (TPSA) is 98.5 Å². The van der Waals surface area contributed by atoms with Gasteiger partial charge in [0.15, 0.2) is 9.84 Å². The average molecular weight is 314 g/mol. The Labute approximate surface area is 123 Å². The van der Waals surface area contributed by atoms with Gasteiger partial charge >= 0.3 is 0 Å². The Morgan fingerprint density at radius 2 is 2.19 bits per heavy atom. The lowest BCUT2D eigenvalue weighted by molar-refractivity contribution is -0.384. The smallest absolute Gasteiger partial charge is 0.293 e. The molecule has 0 saturated carbocycles. The van der Waals surface area contributed by atoms with Gasteiger partial charge in [-0.3, -0.25) is 10.1 Å². The third-order valence-corrected chi connectivity index (χ3v) is 4.76. The van der Waals surface area contributed by atoms with Crippen molar-refractivity contribution in [2.45, 2.75) is 24.3 Å². The van der Waals surface area contributed by atoms with E-state index in [2.05, 4.69) is 5.32 Å². The molecule has 0 radical (unpaired) electrons. The molecule has 0 aliphatic carbocycles. The molecular formula is C13H18N2O5S. The molecule has 8 heteroatoms. The van der Waals surface area contributed by atoms with Crippen LogP contribution in [0.25, 0.3) is 0 Å². The number of nitrogens with one attached hydrogen (secondary N) is 1. The van der Waals surface area contributed by atoms with E-state index < -0.39 is 14.8 Å². The largest absolute Gasteiger partial charge is 0.381 e. The van der Waals surface area contributed by atoms with E-state index >= 15 is 0 Å². The quantitative estimate of drug-likeness (QED) is 0.657. The van der Waals surface area contributed by atoms with E-state index in [0.29, 0.717) is 24.8 Å². The standard InChI is InChI=1S/C13H18N2O5S/c1-9(10-5-6-20-8-10)14-12-4-3-11(21(2,18)19)7-13(12)15(16)17/h3-4,7,9-10,14H,5-6,8H2,1-2H3. The number of nitrogens with zero attached hydrogens (tertiary/aromatic N) is 1. The minimum atomic E-state index is -3.47. The normalized spacial score (nSPS) is 20.2. The van der Waals surface area contributed by atoms with E-state index in [1.54, 1.807) is 0 Å². The molecule has 1 aromatic rings. The van der Waals surface area contributed by atoms with Gasteiger partial charge < -0.3 is 10.1 Å². The number of rotatable bonds is 5. The summed E-state index contributed by atoms with van der Waals surface area (Å²) in [6.07, 6.45) is 1.93. The fourth-order valence-corrected chi connectivity index (χ4v) is 2.97. The van der Waals surface area contributed by atoms with E-state index in [0.717, 1.165) is 18.7 Å². The average Bonchev–Trinajstić information content (AvgIpc) is 2.91. The van der Waals surface area contributed by atoms with E-state index in [9.17, 15) is 18.5 Å². The van der Waals surface area contributed by atoms with Gasteiger partial charge in [0.1, 0.15) is 5.69 Å². The molecule has 1 N–H and O–H groups in total. The third kappa shape index (κ3) is 3.70. The van der Waals surface area contributed by atoms with E-state index in [1.165, 1.54) is 12.1 Å². The van der Waals surface area contributed by atoms with Gasteiger partial charge in [0.25, 0.3) is 5.69 Å². The Hall–Kier alpha value is -1.67. The van der Waals surface area contributed by atoms with Gasteiger partial charge in [0.2, 0.25) is 0 Å². The van der Waals surface area contributed by atoms with Crippen LogP contribution in [0.3, 0.4) is 0 Å². The van der Waals surface area contributed by atoms with Crippen molar-refractivity contribution in [1.82, 2.24) is 0 Å². The second kappa shape index (κ2) is 5.98. The molecule has 0 bridgehead atoms. The summed E-state index contributed by atoms with van der Waals surface area (Å²) in [5, 5.41) is 14.2. The first kappa shape index (κ1) is 15.7. The summed E-state index contributed by atoms with van der Waals surface area (Å²) in [5.74, 6) is 0.291. The number of anilines is 1. The van der Waals surface area contributed by atoms with Crippen molar-refractivity contribution >= 4 is 21.2 Å². The minimum Gasteiger partial charge on any atom is -0.381 e. The van der Waals surface area contributed by atoms with E-state index in [4.69, 9.17) is 4.74 Å². The predicted molar refractivity (Wildman–Crippen MR) is 78.2 cm³/mol. The molecule has 0 spiro atoms. The molecule has 1 heterocycles. The van der Waals surface area contributed by atoms with Crippen molar-refractivity contribution in [3.63, 3.8) is 0 Å². The highest BCUT2D eigenvalue weighted by Crippen LogP contribution is 2.30. The first-order valence-electron chi connectivity index (χ1n) is 6.62. The lowest BCUT2D eigenvalue weighted by Gasteiger charge is -2.20. The maximum atomic E-state index is 11.5. The zero-order valence-electron chi connectivity index (χ0n) is 11.9. The summed E-state index contributed by atoms with van der Waals surface area (Å²) >= 11 is 0. The fourth-order valence-electron chi connectivity index (χ4n) is 2.33. The molecule has 7 nitrogen and oxygen atoms in total. The van der Waals surface area contributed by atoms with E-state index in [-0.39, 0.29) is 16.6 Å². The predicted octanol–water partition coefficient (Wildman–Crippen LogP) is 1.84. The van der Waals surface area contributed by atoms with Crippen LogP contribution in [0, 0.1) is 16.0 Å². The number of hydrogen-bond acceptors (Lipinski definition) is 6. The molecule has 1 fully saturated rings. The SMILES string of the molecule is CC(Nc1ccc(S(C)(=O)=O)cc1[N+](=O)[O-])C1CCOC1. The van der Waals surface area contributed by atoms with Gasteiger partial charge in [-0.05, 0) is 25.5 Å². The van der Waals surface area contributed by atoms with Gasteiger partial charge in [-0.1, -0.05) is 0 Å². The summed E-state index contributed by atoms with van der Waals surface area (Å²) in [7, 11) is -3.47. The summed E-state index contributed by atoms with van der Waals surface area (Å²) in [5.41, 5.74) is 0.0930. The van der Waals surface area contributed by atoms with Crippen molar-refractivity contribution in [1.29, 1.82) is 0 Å². The highest BCUT2D eigenvalue weighted by Gasteiger charge is 2.25. The van der Waals surface area contributed by atoms with Crippen LogP contribution >= 0.6 is 0 Å². The highest BCUT2D eigenvalue weighted by molar-refractivity contribution is 7.90. The van der Waals surface area contributed by atoms with Crippen molar-refractivity contribution in [2.24, 2.45) is 5.92 Å². The van der Waals surface area contributed by atoms with Crippen molar-refractivity contribution in [3.8, 4) is 0 Å². The second-order valence-electron chi connectivity index (χ2n) is 5.26. The zero-order chi connectivity index (χ0) is 15.6. The highest BCUT2D eigenvalue weighted by atomic mass is 32.2. The van der Waals surface area contributed by atoms with Gasteiger partial charge in [0.05, 0.1) is 16.4 Å². The van der Waals surface area contributed by atoms with Gasteiger partial charge in [-0.2, -0.15) is 0 Å². The lowest BCUT2D eigenvalue weighted by atomic mass is 10.0. The Bertz CT molecular complexity index is 638. The number of nitro benzene ring substituents is 1. The Kier molecular flexibility index (Phi) is 4.48. The van der Waals surface area contributed by atoms with Crippen molar-refractivity contribution in [3.05, 3.63) is 28.3 Å². The van der Waals surface area contributed by atoms with Crippen LogP contribution in [0.5, 0.6) is 0 Å². The Morgan fingerprint density at radius 1 is 1.48 bits per heavy atom. The molecule has 116 valence electrons. The van der Waals surface area contributed by atoms with E-state index in [1.807, 2.05) is 6.92 Å². The number of sulfone groups is 1. The van der Waals surface area contributed by atoms with Crippen molar-refractivity contribution in [2.75, 3.05) is 24.8 Å². The fraction of sp³-hybridized carbons (Fsp3) is 0.538. The summed E-state index contributed by atoms with van der Waals surface area (Å²) < 4.78 is 28.3. The lowest BCUT2D eigenvalue weighted by Crippen LogP contribution is -2.26. The molecule has 2 unspecified atom stereocenters. The number of ether oxygens (including phenoxy) is 1.